The Labute approximate surface area is 209 Å². The summed E-state index contributed by atoms with van der Waals surface area (Å²) in [6.45, 7) is 0.673. The molecule has 186 valence electrons. The zero-order valence-electron chi connectivity index (χ0n) is 20.5. The van der Waals surface area contributed by atoms with Crippen LogP contribution in [0.3, 0.4) is 0 Å². The van der Waals surface area contributed by atoms with Gasteiger partial charge in [-0.3, -0.25) is 4.79 Å². The molecular formula is C28H28FN3O4. The van der Waals surface area contributed by atoms with E-state index in [2.05, 4.69) is 0 Å². The number of carbonyl (C=O) groups excluding carboxylic acids is 1. The van der Waals surface area contributed by atoms with Crippen LogP contribution in [0.5, 0.6) is 17.4 Å². The van der Waals surface area contributed by atoms with E-state index in [-0.39, 0.29) is 25.3 Å². The smallest absolute Gasteiger partial charge is 0.257 e. The zero-order valence-corrected chi connectivity index (χ0v) is 20.5. The molecule has 0 bridgehead atoms. The second-order valence-electron chi connectivity index (χ2n) is 8.10. The standard InChI is InChI=1S/C28H28FN3O4/c1-31-28(36-22-13-9-12-21(18-22)35-3)24(26(30-31)20-10-5-4-6-11-20)19-32(16-17-34-2)27(33)23-14-7-8-15-25(23)29/h4-15,18H,16-17,19H2,1-3H3. The first kappa shape index (κ1) is 24.9. The van der Waals surface area contributed by atoms with Crippen molar-refractivity contribution in [3.8, 4) is 28.6 Å². The predicted octanol–water partition coefficient (Wildman–Crippen LogP) is 5.32. The molecule has 36 heavy (non-hydrogen) atoms. The maximum atomic E-state index is 14.5. The van der Waals surface area contributed by atoms with Gasteiger partial charge < -0.3 is 19.1 Å². The van der Waals surface area contributed by atoms with Gasteiger partial charge in [-0.2, -0.15) is 5.10 Å². The van der Waals surface area contributed by atoms with Crippen molar-refractivity contribution in [2.75, 3.05) is 27.4 Å². The third kappa shape index (κ3) is 5.55. The maximum Gasteiger partial charge on any atom is 0.257 e. The number of carbonyl (C=O) groups is 1. The molecule has 3 aromatic carbocycles. The van der Waals surface area contributed by atoms with Crippen LogP contribution in [0.4, 0.5) is 4.39 Å². The number of benzene rings is 3. The predicted molar refractivity (Wildman–Crippen MR) is 135 cm³/mol. The Kier molecular flexibility index (Phi) is 7.97. The minimum Gasteiger partial charge on any atom is -0.497 e. The average molecular weight is 490 g/mol. The third-order valence-electron chi connectivity index (χ3n) is 5.70. The van der Waals surface area contributed by atoms with Crippen LogP contribution in [-0.4, -0.2) is 48.0 Å². The molecule has 0 unspecified atom stereocenters. The second-order valence-corrected chi connectivity index (χ2v) is 8.10. The first-order chi connectivity index (χ1) is 17.5. The van der Waals surface area contributed by atoms with E-state index in [0.717, 1.165) is 5.56 Å². The topological polar surface area (TPSA) is 65.8 Å². The molecule has 7 nitrogen and oxygen atoms in total. The summed E-state index contributed by atoms with van der Waals surface area (Å²) in [6.07, 6.45) is 0. The molecule has 0 saturated heterocycles. The van der Waals surface area contributed by atoms with Crippen LogP contribution in [0.15, 0.2) is 78.9 Å². The maximum absolute atomic E-state index is 14.5. The monoisotopic (exact) mass is 489 g/mol. The van der Waals surface area contributed by atoms with Gasteiger partial charge in [0, 0.05) is 32.3 Å². The van der Waals surface area contributed by atoms with E-state index in [0.29, 0.717) is 28.6 Å². The summed E-state index contributed by atoms with van der Waals surface area (Å²) in [6, 6.07) is 22.8. The number of rotatable bonds is 10. The number of ether oxygens (including phenoxy) is 3. The van der Waals surface area contributed by atoms with Gasteiger partial charge in [-0.15, -0.1) is 0 Å². The molecule has 4 rings (SSSR count). The summed E-state index contributed by atoms with van der Waals surface area (Å²) in [7, 11) is 4.93. The molecule has 0 N–H and O–H groups in total. The van der Waals surface area contributed by atoms with Crippen LogP contribution >= 0.6 is 0 Å². The van der Waals surface area contributed by atoms with Gasteiger partial charge >= 0.3 is 0 Å². The van der Waals surface area contributed by atoms with Crippen molar-refractivity contribution in [2.24, 2.45) is 7.05 Å². The minimum atomic E-state index is -0.577. The number of methoxy groups -OCH3 is 2. The number of aryl methyl sites for hydroxylation is 1. The van der Waals surface area contributed by atoms with Crippen molar-refractivity contribution in [2.45, 2.75) is 6.54 Å². The van der Waals surface area contributed by atoms with Crippen molar-refractivity contribution in [1.82, 2.24) is 14.7 Å². The third-order valence-corrected chi connectivity index (χ3v) is 5.70. The number of halogens is 1. The fraction of sp³-hybridized carbons (Fsp3) is 0.214. The molecule has 0 fully saturated rings. The Morgan fingerprint density at radius 1 is 0.972 bits per heavy atom. The lowest BCUT2D eigenvalue weighted by Gasteiger charge is -2.23. The molecular weight excluding hydrogens is 461 g/mol. The molecule has 0 saturated carbocycles. The summed E-state index contributed by atoms with van der Waals surface area (Å²) in [5, 5.41) is 4.72. The second kappa shape index (κ2) is 11.5. The first-order valence-corrected chi connectivity index (χ1v) is 11.5. The highest BCUT2D eigenvalue weighted by Crippen LogP contribution is 2.35. The Hall–Kier alpha value is -4.17. The van der Waals surface area contributed by atoms with Gasteiger partial charge in [0.2, 0.25) is 5.88 Å². The molecule has 0 atom stereocenters. The van der Waals surface area contributed by atoms with E-state index in [4.69, 9.17) is 19.3 Å². The highest BCUT2D eigenvalue weighted by atomic mass is 19.1. The van der Waals surface area contributed by atoms with Gasteiger partial charge in [0.1, 0.15) is 23.0 Å². The van der Waals surface area contributed by atoms with Gasteiger partial charge in [0.05, 0.1) is 31.4 Å². The number of hydrogen-bond donors (Lipinski definition) is 0. The number of aromatic nitrogens is 2. The lowest BCUT2D eigenvalue weighted by atomic mass is 10.1. The van der Waals surface area contributed by atoms with E-state index in [9.17, 15) is 9.18 Å². The van der Waals surface area contributed by atoms with Crippen molar-refractivity contribution >= 4 is 5.91 Å². The molecule has 0 aliphatic heterocycles. The van der Waals surface area contributed by atoms with Gasteiger partial charge in [-0.05, 0) is 24.3 Å². The van der Waals surface area contributed by atoms with Crippen molar-refractivity contribution in [1.29, 1.82) is 0 Å². The number of amides is 1. The number of nitrogens with zero attached hydrogens (tertiary/aromatic N) is 3. The van der Waals surface area contributed by atoms with Crippen LogP contribution < -0.4 is 9.47 Å². The molecule has 1 heterocycles. The fourth-order valence-electron chi connectivity index (χ4n) is 3.88. The summed E-state index contributed by atoms with van der Waals surface area (Å²) >= 11 is 0. The Balaban J connectivity index is 1.78. The molecule has 0 radical (unpaired) electrons. The lowest BCUT2D eigenvalue weighted by Crippen LogP contribution is -2.34. The van der Waals surface area contributed by atoms with E-state index in [1.807, 2.05) is 48.5 Å². The molecule has 8 heteroatoms. The summed E-state index contributed by atoms with van der Waals surface area (Å²) in [5.74, 6) is 0.650. The van der Waals surface area contributed by atoms with Crippen LogP contribution in [0, 0.1) is 5.82 Å². The number of hydrogen-bond acceptors (Lipinski definition) is 5. The van der Waals surface area contributed by atoms with Gasteiger partial charge in [0.15, 0.2) is 0 Å². The minimum absolute atomic E-state index is 0.00554. The highest BCUT2D eigenvalue weighted by Gasteiger charge is 2.26. The molecule has 0 aliphatic carbocycles. The van der Waals surface area contributed by atoms with Crippen molar-refractivity contribution < 1.29 is 23.4 Å². The van der Waals surface area contributed by atoms with E-state index in [1.165, 1.54) is 12.1 Å². The summed E-state index contributed by atoms with van der Waals surface area (Å²) < 4.78 is 33.0. The quantitative estimate of drug-likeness (QED) is 0.302. The Morgan fingerprint density at radius 2 is 1.69 bits per heavy atom. The van der Waals surface area contributed by atoms with Gasteiger partial charge in [-0.25, -0.2) is 9.07 Å². The largest absolute Gasteiger partial charge is 0.497 e. The summed E-state index contributed by atoms with van der Waals surface area (Å²) in [4.78, 5) is 15.0. The molecule has 0 aliphatic rings. The Bertz CT molecular complexity index is 1320. The Morgan fingerprint density at radius 3 is 2.42 bits per heavy atom. The average Bonchev–Trinajstić information content (AvgIpc) is 3.21. The molecule has 1 amide bonds. The van der Waals surface area contributed by atoms with Crippen molar-refractivity contribution in [3.05, 3.63) is 95.8 Å². The zero-order chi connectivity index (χ0) is 25.5. The lowest BCUT2D eigenvalue weighted by molar-refractivity contribution is 0.0675. The molecule has 1 aromatic heterocycles. The van der Waals surface area contributed by atoms with Crippen molar-refractivity contribution in [3.63, 3.8) is 0 Å². The highest BCUT2D eigenvalue weighted by molar-refractivity contribution is 5.94. The van der Waals surface area contributed by atoms with Crippen LogP contribution in [0.25, 0.3) is 11.3 Å². The first-order valence-electron chi connectivity index (χ1n) is 11.5. The SMILES string of the molecule is COCCN(Cc1c(-c2ccccc2)nn(C)c1Oc1cccc(OC)c1)C(=O)c1ccccc1F. The van der Waals surface area contributed by atoms with Crippen LogP contribution in [-0.2, 0) is 18.3 Å². The van der Waals surface area contributed by atoms with Crippen LogP contribution in [0.2, 0.25) is 0 Å². The summed E-state index contributed by atoms with van der Waals surface area (Å²) in [5.41, 5.74) is 2.22. The van der Waals surface area contributed by atoms with Gasteiger partial charge in [0.25, 0.3) is 5.91 Å². The normalized spacial score (nSPS) is 10.8. The van der Waals surface area contributed by atoms with Gasteiger partial charge in [-0.1, -0.05) is 48.5 Å². The molecule has 4 aromatic rings. The van der Waals surface area contributed by atoms with E-state index in [1.54, 1.807) is 49.0 Å². The molecule has 0 spiro atoms. The van der Waals surface area contributed by atoms with E-state index < -0.39 is 11.7 Å². The van der Waals surface area contributed by atoms with Crippen LogP contribution in [0.1, 0.15) is 15.9 Å². The fourth-order valence-corrected chi connectivity index (χ4v) is 3.88. The van der Waals surface area contributed by atoms with E-state index >= 15 is 0 Å².